The van der Waals surface area contributed by atoms with Gasteiger partial charge in [-0.15, -0.1) is 0 Å². The van der Waals surface area contributed by atoms with Gasteiger partial charge in [-0.3, -0.25) is 4.79 Å². The minimum absolute atomic E-state index is 0.227. The van der Waals surface area contributed by atoms with E-state index >= 15 is 0 Å². The van der Waals surface area contributed by atoms with E-state index in [0.717, 1.165) is 0 Å². The first-order valence-electron chi connectivity index (χ1n) is 3.33. The van der Waals surface area contributed by atoms with E-state index < -0.39 is 15.6 Å². The Kier molecular flexibility index (Phi) is 1.32. The summed E-state index contributed by atoms with van der Waals surface area (Å²) in [5.41, 5.74) is 0.227. The summed E-state index contributed by atoms with van der Waals surface area (Å²) in [5.74, 6) is -0.474. The van der Waals surface area contributed by atoms with Crippen molar-refractivity contribution in [3.8, 4) is 0 Å². The second-order valence-corrected chi connectivity index (χ2v) is 4.78. The Labute approximate surface area is 69.8 Å². The number of hydrogen-bond donors (Lipinski definition) is 0. The highest BCUT2D eigenvalue weighted by molar-refractivity contribution is 7.93. The second-order valence-electron chi connectivity index (χ2n) is 2.55. The molecule has 1 amide bonds. The zero-order valence-corrected chi connectivity index (χ0v) is 7.17. The third-order valence-corrected chi connectivity index (χ3v) is 3.30. The summed E-state index contributed by atoms with van der Waals surface area (Å²) in [7, 11) is -2.49. The van der Waals surface area contributed by atoms with Gasteiger partial charge < -0.3 is 0 Å². The Hall–Kier alpha value is -1.23. The van der Waals surface area contributed by atoms with Crippen molar-refractivity contribution in [1.29, 1.82) is 0 Å². The van der Waals surface area contributed by atoms with E-state index in [-0.39, 0.29) is 5.69 Å². The lowest BCUT2D eigenvalue weighted by Crippen LogP contribution is -1.96. The average molecular weight is 182 g/mol. The Morgan fingerprint density at radius 2 is 2.25 bits per heavy atom. The molecule has 1 aliphatic rings. The van der Waals surface area contributed by atoms with Crippen molar-refractivity contribution in [2.45, 2.75) is 4.90 Å². The second kappa shape index (κ2) is 2.13. The normalized spacial score (nSPS) is 26.6. The molecule has 62 valence electrons. The minimum atomic E-state index is -2.49. The summed E-state index contributed by atoms with van der Waals surface area (Å²) < 4.78 is 15.1. The van der Waals surface area contributed by atoms with Gasteiger partial charge in [0.05, 0.1) is 14.6 Å². The maximum Gasteiger partial charge on any atom is 0.305 e. The lowest BCUT2D eigenvalue weighted by molar-refractivity contribution is 0.100. The number of amides is 1. The van der Waals surface area contributed by atoms with Crippen molar-refractivity contribution in [3.63, 3.8) is 0 Å². The van der Waals surface area contributed by atoms with Gasteiger partial charge in [-0.1, -0.05) is 0 Å². The van der Waals surface area contributed by atoms with Crippen LogP contribution in [0.2, 0.25) is 0 Å². The summed E-state index contributed by atoms with van der Waals surface area (Å²) in [6, 6.07) is 3.27. The van der Waals surface area contributed by atoms with E-state index in [0.29, 0.717) is 4.90 Å². The number of fused-ring (bicyclic) bond motifs is 1. The predicted octanol–water partition coefficient (Wildman–Crippen LogP) is 0.692. The monoisotopic (exact) mass is 182 g/mol. The Balaban J connectivity index is 2.87. The van der Waals surface area contributed by atoms with Gasteiger partial charge in [0.2, 0.25) is 0 Å². The summed E-state index contributed by atoms with van der Waals surface area (Å²) >= 11 is 0. The molecule has 5 heteroatoms. The molecule has 0 bridgehead atoms. The van der Waals surface area contributed by atoms with Crippen LogP contribution in [0, 0.1) is 0 Å². The highest BCUT2D eigenvalue weighted by atomic mass is 32.2. The largest absolute Gasteiger partial charge is 0.305 e. The SMILES string of the molecule is CS1(=O)=NC(=O)c2ncccc21. The summed E-state index contributed by atoms with van der Waals surface area (Å²) in [4.78, 5) is 15.3. The third kappa shape index (κ3) is 0.863. The summed E-state index contributed by atoms with van der Waals surface area (Å²) in [6.07, 6.45) is 2.94. The van der Waals surface area contributed by atoms with Crippen LogP contribution in [-0.4, -0.2) is 21.4 Å². The van der Waals surface area contributed by atoms with E-state index in [9.17, 15) is 9.00 Å². The number of pyridine rings is 1. The Morgan fingerprint density at radius 1 is 1.50 bits per heavy atom. The van der Waals surface area contributed by atoms with Crippen LogP contribution in [0.3, 0.4) is 0 Å². The lowest BCUT2D eigenvalue weighted by Gasteiger charge is -1.95. The fraction of sp³-hybridized carbons (Fsp3) is 0.143. The molecule has 2 rings (SSSR count). The molecule has 0 saturated carbocycles. The molecule has 1 atom stereocenters. The maximum atomic E-state index is 11.6. The van der Waals surface area contributed by atoms with E-state index in [2.05, 4.69) is 9.35 Å². The number of aromatic nitrogens is 1. The molecule has 0 aromatic carbocycles. The molecule has 1 aromatic heterocycles. The van der Waals surface area contributed by atoms with Crippen molar-refractivity contribution >= 4 is 15.6 Å². The first-order chi connectivity index (χ1) is 5.61. The smallest absolute Gasteiger partial charge is 0.264 e. The van der Waals surface area contributed by atoms with Crippen LogP contribution in [0.15, 0.2) is 27.6 Å². The molecule has 0 N–H and O–H groups in total. The predicted molar refractivity (Wildman–Crippen MR) is 43.3 cm³/mol. The molecule has 1 unspecified atom stereocenters. The lowest BCUT2D eigenvalue weighted by atomic mass is 10.3. The van der Waals surface area contributed by atoms with Gasteiger partial charge >= 0.3 is 5.91 Å². The van der Waals surface area contributed by atoms with Crippen LogP contribution in [-0.2, 0) is 9.73 Å². The van der Waals surface area contributed by atoms with E-state index in [1.807, 2.05) is 0 Å². The first kappa shape index (κ1) is 7.42. The van der Waals surface area contributed by atoms with Crippen molar-refractivity contribution < 1.29 is 9.00 Å². The van der Waals surface area contributed by atoms with Gasteiger partial charge in [0.25, 0.3) is 0 Å². The van der Waals surface area contributed by atoms with Gasteiger partial charge in [-0.2, -0.15) is 4.36 Å². The van der Waals surface area contributed by atoms with Crippen LogP contribution in [0.1, 0.15) is 10.5 Å². The molecular formula is C7H6N2O2S. The maximum absolute atomic E-state index is 11.6. The highest BCUT2D eigenvalue weighted by Gasteiger charge is 2.26. The minimum Gasteiger partial charge on any atom is -0.264 e. The summed E-state index contributed by atoms with van der Waals surface area (Å²) in [5, 5.41) is 0. The van der Waals surface area contributed by atoms with E-state index in [1.54, 1.807) is 12.1 Å². The van der Waals surface area contributed by atoms with Gasteiger partial charge in [0.15, 0.2) is 0 Å². The fourth-order valence-electron chi connectivity index (χ4n) is 1.11. The number of carbonyl (C=O) groups excluding carboxylic acids is 1. The first-order valence-corrected chi connectivity index (χ1v) is 5.25. The van der Waals surface area contributed by atoms with Crippen molar-refractivity contribution in [2.75, 3.05) is 6.26 Å². The topological polar surface area (TPSA) is 59.4 Å². The van der Waals surface area contributed by atoms with Crippen LogP contribution >= 0.6 is 0 Å². The van der Waals surface area contributed by atoms with Crippen LogP contribution in [0.4, 0.5) is 0 Å². The van der Waals surface area contributed by atoms with Gasteiger partial charge in [0.1, 0.15) is 5.69 Å². The molecule has 0 saturated heterocycles. The van der Waals surface area contributed by atoms with Crippen LogP contribution in [0.5, 0.6) is 0 Å². The molecule has 0 fully saturated rings. The third-order valence-electron chi connectivity index (χ3n) is 1.64. The standard InChI is InChI=1S/C7H6N2O2S/c1-12(11)5-3-2-4-8-6(5)7(10)9-12/h2-4H,1H3. The summed E-state index contributed by atoms with van der Waals surface area (Å²) in [6.45, 7) is 0. The number of rotatable bonds is 0. The molecule has 12 heavy (non-hydrogen) atoms. The van der Waals surface area contributed by atoms with E-state index in [1.165, 1.54) is 12.5 Å². The molecule has 0 spiro atoms. The average Bonchev–Trinajstić information content (AvgIpc) is 2.25. The van der Waals surface area contributed by atoms with Crippen molar-refractivity contribution in [2.24, 2.45) is 4.36 Å². The molecule has 4 nitrogen and oxygen atoms in total. The zero-order valence-electron chi connectivity index (χ0n) is 6.35. The highest BCUT2D eigenvalue weighted by Crippen LogP contribution is 2.22. The van der Waals surface area contributed by atoms with Crippen molar-refractivity contribution in [3.05, 3.63) is 24.0 Å². The van der Waals surface area contributed by atoms with Crippen molar-refractivity contribution in [1.82, 2.24) is 4.98 Å². The molecule has 1 aromatic rings. The molecule has 1 aliphatic heterocycles. The molecule has 2 heterocycles. The molecule has 0 radical (unpaired) electrons. The van der Waals surface area contributed by atoms with Gasteiger partial charge in [0, 0.05) is 12.5 Å². The fourth-order valence-corrected chi connectivity index (χ4v) is 2.44. The number of hydrogen-bond acceptors (Lipinski definition) is 3. The van der Waals surface area contributed by atoms with Gasteiger partial charge in [-0.05, 0) is 12.1 Å². The number of nitrogens with zero attached hydrogens (tertiary/aromatic N) is 2. The Morgan fingerprint density at radius 3 is 2.92 bits per heavy atom. The Bertz CT molecular complexity index is 472. The zero-order chi connectivity index (χ0) is 8.77. The molecule has 0 aliphatic carbocycles. The van der Waals surface area contributed by atoms with Crippen LogP contribution in [0.25, 0.3) is 0 Å². The quantitative estimate of drug-likeness (QED) is 0.593. The van der Waals surface area contributed by atoms with E-state index in [4.69, 9.17) is 0 Å². The molecular weight excluding hydrogens is 176 g/mol. The van der Waals surface area contributed by atoms with Gasteiger partial charge in [-0.25, -0.2) is 9.19 Å². The number of carbonyl (C=O) groups is 1. The van der Waals surface area contributed by atoms with Crippen LogP contribution < -0.4 is 0 Å².